The summed E-state index contributed by atoms with van der Waals surface area (Å²) in [4.78, 5) is 10.2. The van der Waals surface area contributed by atoms with E-state index >= 15 is 0 Å². The molecule has 74 valence electrons. The molecule has 0 aromatic rings. The fourth-order valence-corrected chi connectivity index (χ4v) is 1.48. The summed E-state index contributed by atoms with van der Waals surface area (Å²) in [5, 5.41) is 10.5. The Morgan fingerprint density at radius 2 is 2.38 bits per heavy atom. The molecule has 2 unspecified atom stereocenters. The van der Waals surface area contributed by atoms with Gasteiger partial charge in [-0.1, -0.05) is 6.92 Å². The highest BCUT2D eigenvalue weighted by Gasteiger charge is 2.22. The van der Waals surface area contributed by atoms with Gasteiger partial charge in [0.05, 0.1) is 17.1 Å². The Kier molecular flexibility index (Phi) is 3.42. The van der Waals surface area contributed by atoms with Crippen LogP contribution in [0.15, 0.2) is 11.8 Å². The molecule has 1 saturated heterocycles. The van der Waals surface area contributed by atoms with Crippen LogP contribution in [0.3, 0.4) is 0 Å². The molecule has 4 heteroatoms. The van der Waals surface area contributed by atoms with E-state index in [4.69, 9.17) is 4.74 Å². The smallest absolute Gasteiger partial charge is 0.244 e. The summed E-state index contributed by atoms with van der Waals surface area (Å²) in [6.45, 7) is 3.78. The summed E-state index contributed by atoms with van der Waals surface area (Å²) >= 11 is 0. The van der Waals surface area contributed by atoms with Crippen molar-refractivity contribution in [2.45, 2.75) is 45.3 Å². The third-order valence-electron chi connectivity index (χ3n) is 2.24. The van der Waals surface area contributed by atoms with E-state index in [1.165, 1.54) is 0 Å². The fraction of sp³-hybridized carbons (Fsp3) is 0.778. The van der Waals surface area contributed by atoms with Crippen molar-refractivity contribution in [1.29, 1.82) is 0 Å². The SMILES string of the molecule is CC/C(=C/C1CCC(C)O1)[N+](=O)[O-]. The van der Waals surface area contributed by atoms with Crippen molar-refractivity contribution in [3.8, 4) is 0 Å². The molecule has 0 aromatic heterocycles. The van der Waals surface area contributed by atoms with E-state index in [0.29, 0.717) is 6.42 Å². The first-order valence-electron chi connectivity index (χ1n) is 4.64. The zero-order valence-corrected chi connectivity index (χ0v) is 8.03. The number of nitro groups is 1. The van der Waals surface area contributed by atoms with Crippen molar-refractivity contribution in [3.05, 3.63) is 21.9 Å². The van der Waals surface area contributed by atoms with Crippen LogP contribution in [0, 0.1) is 10.1 Å². The van der Waals surface area contributed by atoms with Gasteiger partial charge in [-0.3, -0.25) is 10.1 Å². The molecule has 0 radical (unpaired) electrons. The third-order valence-corrected chi connectivity index (χ3v) is 2.24. The van der Waals surface area contributed by atoms with E-state index in [2.05, 4.69) is 0 Å². The summed E-state index contributed by atoms with van der Waals surface area (Å²) in [6.07, 6.45) is 4.19. The molecule has 13 heavy (non-hydrogen) atoms. The van der Waals surface area contributed by atoms with Gasteiger partial charge in [0.1, 0.15) is 0 Å². The topological polar surface area (TPSA) is 52.4 Å². The molecule has 0 N–H and O–H groups in total. The predicted octanol–water partition coefficient (Wildman–Crippen LogP) is 2.12. The number of hydrogen-bond acceptors (Lipinski definition) is 3. The van der Waals surface area contributed by atoms with Gasteiger partial charge >= 0.3 is 0 Å². The number of hydrogen-bond donors (Lipinski definition) is 0. The van der Waals surface area contributed by atoms with Gasteiger partial charge < -0.3 is 4.74 Å². The minimum absolute atomic E-state index is 0.0460. The molecule has 0 saturated carbocycles. The second kappa shape index (κ2) is 4.37. The summed E-state index contributed by atoms with van der Waals surface area (Å²) in [5.41, 5.74) is 0.263. The first-order chi connectivity index (χ1) is 6.13. The van der Waals surface area contributed by atoms with Crippen molar-refractivity contribution >= 4 is 0 Å². The maximum absolute atomic E-state index is 10.5. The Morgan fingerprint density at radius 3 is 2.77 bits per heavy atom. The standard InChI is InChI=1S/C9H15NO3/c1-3-8(10(11)12)6-9-5-4-7(2)13-9/h6-7,9H,3-5H2,1-2H3/b8-6-. The second-order valence-corrected chi connectivity index (χ2v) is 3.33. The van der Waals surface area contributed by atoms with Crippen molar-refractivity contribution in [2.75, 3.05) is 0 Å². The molecular weight excluding hydrogens is 170 g/mol. The lowest BCUT2D eigenvalue weighted by Gasteiger charge is -2.05. The van der Waals surface area contributed by atoms with Gasteiger partial charge in [0.25, 0.3) is 0 Å². The number of rotatable bonds is 3. The molecular formula is C9H15NO3. The van der Waals surface area contributed by atoms with E-state index in [9.17, 15) is 10.1 Å². The maximum Gasteiger partial charge on any atom is 0.244 e. The van der Waals surface area contributed by atoms with Gasteiger partial charge in [0, 0.05) is 12.5 Å². The molecule has 4 nitrogen and oxygen atoms in total. The van der Waals surface area contributed by atoms with E-state index in [0.717, 1.165) is 12.8 Å². The normalized spacial score (nSPS) is 29.2. The number of nitrogens with zero attached hydrogens (tertiary/aromatic N) is 1. The highest BCUT2D eigenvalue weighted by atomic mass is 16.6. The molecule has 1 rings (SSSR count). The van der Waals surface area contributed by atoms with E-state index in [-0.39, 0.29) is 22.8 Å². The first-order valence-corrected chi connectivity index (χ1v) is 4.64. The highest BCUT2D eigenvalue weighted by molar-refractivity contribution is 4.98. The van der Waals surface area contributed by atoms with E-state index in [1.54, 1.807) is 13.0 Å². The lowest BCUT2D eigenvalue weighted by Crippen LogP contribution is -2.08. The van der Waals surface area contributed by atoms with Gasteiger partial charge in [-0.2, -0.15) is 0 Å². The number of allylic oxidation sites excluding steroid dienone is 1. The Morgan fingerprint density at radius 1 is 1.69 bits per heavy atom. The Bertz CT molecular complexity index is 225. The lowest BCUT2D eigenvalue weighted by molar-refractivity contribution is -0.428. The fourth-order valence-electron chi connectivity index (χ4n) is 1.48. The van der Waals surface area contributed by atoms with Crippen LogP contribution in [0.1, 0.15) is 33.1 Å². The molecule has 1 aliphatic heterocycles. The van der Waals surface area contributed by atoms with Crippen LogP contribution in [0.25, 0.3) is 0 Å². The van der Waals surface area contributed by atoms with Gasteiger partial charge in [0.2, 0.25) is 5.70 Å². The average Bonchev–Trinajstić information content (AvgIpc) is 2.46. The Hall–Kier alpha value is -0.900. The van der Waals surface area contributed by atoms with Crippen molar-refractivity contribution in [2.24, 2.45) is 0 Å². The molecule has 0 aromatic carbocycles. The number of ether oxygens (including phenoxy) is 1. The minimum Gasteiger partial charge on any atom is -0.371 e. The minimum atomic E-state index is -0.327. The molecule has 0 bridgehead atoms. The van der Waals surface area contributed by atoms with Crippen LogP contribution in [-0.2, 0) is 4.74 Å². The Balaban J connectivity index is 2.57. The summed E-state index contributed by atoms with van der Waals surface area (Å²) in [5.74, 6) is 0. The quantitative estimate of drug-likeness (QED) is 0.500. The zero-order chi connectivity index (χ0) is 9.84. The molecule has 1 fully saturated rings. The van der Waals surface area contributed by atoms with Crippen LogP contribution >= 0.6 is 0 Å². The van der Waals surface area contributed by atoms with Crippen molar-refractivity contribution in [1.82, 2.24) is 0 Å². The van der Waals surface area contributed by atoms with Gasteiger partial charge in [0.15, 0.2) is 0 Å². The molecule has 0 amide bonds. The Labute approximate surface area is 77.7 Å². The molecule has 0 spiro atoms. The summed E-state index contributed by atoms with van der Waals surface area (Å²) < 4.78 is 5.46. The predicted molar refractivity (Wildman–Crippen MR) is 48.9 cm³/mol. The van der Waals surface area contributed by atoms with Crippen LogP contribution < -0.4 is 0 Å². The first kappa shape index (κ1) is 10.2. The van der Waals surface area contributed by atoms with Crippen molar-refractivity contribution < 1.29 is 9.66 Å². The second-order valence-electron chi connectivity index (χ2n) is 3.33. The van der Waals surface area contributed by atoms with Crippen LogP contribution in [-0.4, -0.2) is 17.1 Å². The monoisotopic (exact) mass is 185 g/mol. The lowest BCUT2D eigenvalue weighted by atomic mass is 10.2. The van der Waals surface area contributed by atoms with Gasteiger partial charge in [-0.15, -0.1) is 0 Å². The van der Waals surface area contributed by atoms with Crippen LogP contribution in [0.5, 0.6) is 0 Å². The molecule has 1 aliphatic rings. The van der Waals surface area contributed by atoms with Crippen LogP contribution in [0.2, 0.25) is 0 Å². The molecule has 1 heterocycles. The summed E-state index contributed by atoms with van der Waals surface area (Å²) in [7, 11) is 0. The molecule has 2 atom stereocenters. The zero-order valence-electron chi connectivity index (χ0n) is 8.03. The third kappa shape index (κ3) is 2.81. The van der Waals surface area contributed by atoms with Gasteiger partial charge in [-0.05, 0) is 19.8 Å². The maximum atomic E-state index is 10.5. The summed E-state index contributed by atoms with van der Waals surface area (Å²) in [6, 6.07) is 0. The molecule has 0 aliphatic carbocycles. The highest BCUT2D eigenvalue weighted by Crippen LogP contribution is 2.21. The van der Waals surface area contributed by atoms with E-state index < -0.39 is 0 Å². The van der Waals surface area contributed by atoms with Crippen molar-refractivity contribution in [3.63, 3.8) is 0 Å². The van der Waals surface area contributed by atoms with E-state index in [1.807, 2.05) is 6.92 Å². The van der Waals surface area contributed by atoms with Crippen LogP contribution in [0.4, 0.5) is 0 Å². The van der Waals surface area contributed by atoms with Gasteiger partial charge in [-0.25, -0.2) is 0 Å². The average molecular weight is 185 g/mol. The largest absolute Gasteiger partial charge is 0.371 e.